The minimum atomic E-state index is -0.564. The maximum atomic E-state index is 12.2. The van der Waals surface area contributed by atoms with Crippen LogP contribution in [0.5, 0.6) is 0 Å². The fourth-order valence-corrected chi connectivity index (χ4v) is 3.34. The molecular formula is C15H25NO3. The Balaban J connectivity index is 1.83. The van der Waals surface area contributed by atoms with Crippen molar-refractivity contribution in [3.8, 4) is 0 Å². The third-order valence-corrected chi connectivity index (χ3v) is 4.19. The number of hydrogen-bond donors (Lipinski definition) is 1. The molecule has 4 atom stereocenters. The van der Waals surface area contributed by atoms with Crippen LogP contribution in [0.2, 0.25) is 0 Å². The summed E-state index contributed by atoms with van der Waals surface area (Å²) < 4.78 is 5.27. The molecule has 0 aromatic carbocycles. The normalized spacial score (nSPS) is 31.1. The van der Waals surface area contributed by atoms with Gasteiger partial charge in [-0.1, -0.05) is 6.42 Å². The summed E-state index contributed by atoms with van der Waals surface area (Å²) in [6.07, 6.45) is 4.64. The quantitative estimate of drug-likeness (QED) is 0.798. The molecule has 0 radical (unpaired) electrons. The third-order valence-electron chi connectivity index (χ3n) is 4.19. The number of amides is 1. The van der Waals surface area contributed by atoms with E-state index in [1.165, 1.54) is 19.3 Å². The Morgan fingerprint density at radius 3 is 2.37 bits per heavy atom. The molecule has 0 heterocycles. The van der Waals surface area contributed by atoms with Crippen LogP contribution < -0.4 is 5.32 Å². The fraction of sp³-hybridized carbons (Fsp3) is 0.867. The number of hydrogen-bond acceptors (Lipinski definition) is 3. The molecule has 0 saturated heterocycles. The van der Waals surface area contributed by atoms with Crippen molar-refractivity contribution in [3.05, 3.63) is 0 Å². The van der Waals surface area contributed by atoms with Crippen molar-refractivity contribution in [2.45, 2.75) is 65.0 Å². The van der Waals surface area contributed by atoms with Crippen molar-refractivity contribution in [1.29, 1.82) is 0 Å². The lowest BCUT2D eigenvalue weighted by molar-refractivity contribution is -0.158. The summed E-state index contributed by atoms with van der Waals surface area (Å²) in [6.45, 7) is 7.18. The van der Waals surface area contributed by atoms with E-state index >= 15 is 0 Å². The van der Waals surface area contributed by atoms with Gasteiger partial charge in [-0.15, -0.1) is 0 Å². The highest BCUT2D eigenvalue weighted by Crippen LogP contribution is 2.48. The standard InChI is InChI=1S/C15H25NO3/c1-9(14(18)19-15(2,3)4)16-13(17)12-8-10-5-6-11(12)7-10/h9-12H,5-8H2,1-4H3,(H,16,17)/t9-,10?,11?,12?/m0/s1. The van der Waals surface area contributed by atoms with Crippen LogP contribution >= 0.6 is 0 Å². The largest absolute Gasteiger partial charge is 0.458 e. The Labute approximate surface area is 115 Å². The molecule has 0 spiro atoms. The Hall–Kier alpha value is -1.06. The van der Waals surface area contributed by atoms with Crippen LogP contribution in [0.1, 0.15) is 53.4 Å². The van der Waals surface area contributed by atoms with E-state index < -0.39 is 11.6 Å². The minimum absolute atomic E-state index is 0.0329. The molecule has 2 aliphatic carbocycles. The predicted molar refractivity (Wildman–Crippen MR) is 72.4 cm³/mol. The minimum Gasteiger partial charge on any atom is -0.458 e. The molecule has 0 aromatic heterocycles. The van der Waals surface area contributed by atoms with Gasteiger partial charge in [0, 0.05) is 5.92 Å². The van der Waals surface area contributed by atoms with Gasteiger partial charge >= 0.3 is 5.97 Å². The smallest absolute Gasteiger partial charge is 0.328 e. The molecule has 0 aromatic rings. The number of fused-ring (bicyclic) bond motifs is 2. The Morgan fingerprint density at radius 1 is 1.21 bits per heavy atom. The van der Waals surface area contributed by atoms with Gasteiger partial charge in [0.05, 0.1) is 0 Å². The molecule has 0 aliphatic heterocycles. The first-order valence-electron chi connectivity index (χ1n) is 7.29. The lowest BCUT2D eigenvalue weighted by atomic mass is 9.88. The maximum Gasteiger partial charge on any atom is 0.328 e. The highest BCUT2D eigenvalue weighted by atomic mass is 16.6. The van der Waals surface area contributed by atoms with Crippen LogP contribution in [0, 0.1) is 17.8 Å². The average molecular weight is 267 g/mol. The molecule has 1 N–H and O–H groups in total. The van der Waals surface area contributed by atoms with Gasteiger partial charge < -0.3 is 10.1 Å². The SMILES string of the molecule is C[C@H](NC(=O)C1CC2CCC1C2)C(=O)OC(C)(C)C. The van der Waals surface area contributed by atoms with Crippen molar-refractivity contribution >= 4 is 11.9 Å². The summed E-state index contributed by atoms with van der Waals surface area (Å²) in [7, 11) is 0. The molecule has 2 saturated carbocycles. The number of esters is 1. The Morgan fingerprint density at radius 2 is 1.89 bits per heavy atom. The van der Waals surface area contributed by atoms with Gasteiger partial charge in [0.25, 0.3) is 0 Å². The molecule has 2 fully saturated rings. The topological polar surface area (TPSA) is 55.4 Å². The van der Waals surface area contributed by atoms with Crippen molar-refractivity contribution in [1.82, 2.24) is 5.32 Å². The Kier molecular flexibility index (Phi) is 3.88. The number of carbonyl (C=O) groups is 2. The summed E-state index contributed by atoms with van der Waals surface area (Å²) in [6, 6.07) is -0.564. The van der Waals surface area contributed by atoms with Gasteiger partial charge in [0.15, 0.2) is 0 Å². The van der Waals surface area contributed by atoms with Gasteiger partial charge in [0.1, 0.15) is 11.6 Å². The second kappa shape index (κ2) is 5.14. The zero-order valence-electron chi connectivity index (χ0n) is 12.4. The molecule has 2 aliphatic rings. The van der Waals surface area contributed by atoms with Crippen molar-refractivity contribution in [2.24, 2.45) is 17.8 Å². The van der Waals surface area contributed by atoms with E-state index in [1.807, 2.05) is 20.8 Å². The summed E-state index contributed by atoms with van der Waals surface area (Å²) >= 11 is 0. The highest BCUT2D eigenvalue weighted by molar-refractivity contribution is 5.86. The first kappa shape index (κ1) is 14.4. The van der Waals surface area contributed by atoms with E-state index in [1.54, 1.807) is 6.92 Å². The summed E-state index contributed by atoms with van der Waals surface area (Å²) in [5.74, 6) is 1.06. The van der Waals surface area contributed by atoms with Gasteiger partial charge in [0.2, 0.25) is 5.91 Å². The predicted octanol–water partition coefficient (Wildman–Crippen LogP) is 2.27. The van der Waals surface area contributed by atoms with Gasteiger partial charge in [-0.2, -0.15) is 0 Å². The van der Waals surface area contributed by atoms with E-state index in [2.05, 4.69) is 5.32 Å². The average Bonchev–Trinajstić information content (AvgIpc) is 2.87. The molecular weight excluding hydrogens is 242 g/mol. The first-order valence-corrected chi connectivity index (χ1v) is 7.29. The van der Waals surface area contributed by atoms with E-state index in [0.717, 1.165) is 12.3 Å². The second-order valence-electron chi connectivity index (χ2n) is 7.05. The van der Waals surface area contributed by atoms with E-state index in [0.29, 0.717) is 5.92 Å². The van der Waals surface area contributed by atoms with Gasteiger partial charge in [-0.05, 0) is 58.8 Å². The zero-order valence-corrected chi connectivity index (χ0v) is 12.4. The van der Waals surface area contributed by atoms with Crippen LogP contribution in [0.25, 0.3) is 0 Å². The van der Waals surface area contributed by atoms with Crippen LogP contribution in [0.15, 0.2) is 0 Å². The maximum absolute atomic E-state index is 12.2. The Bertz CT molecular complexity index is 372. The van der Waals surface area contributed by atoms with Crippen molar-refractivity contribution in [2.75, 3.05) is 0 Å². The monoisotopic (exact) mass is 267 g/mol. The molecule has 1 amide bonds. The van der Waals surface area contributed by atoms with Crippen LogP contribution in [0.3, 0.4) is 0 Å². The van der Waals surface area contributed by atoms with E-state index in [-0.39, 0.29) is 17.8 Å². The van der Waals surface area contributed by atoms with Gasteiger partial charge in [-0.3, -0.25) is 4.79 Å². The van der Waals surface area contributed by atoms with Crippen molar-refractivity contribution in [3.63, 3.8) is 0 Å². The lowest BCUT2D eigenvalue weighted by Gasteiger charge is -2.25. The first-order chi connectivity index (χ1) is 8.76. The third kappa shape index (κ3) is 3.48. The molecule has 19 heavy (non-hydrogen) atoms. The van der Waals surface area contributed by atoms with Gasteiger partial charge in [-0.25, -0.2) is 4.79 Å². The lowest BCUT2D eigenvalue weighted by Crippen LogP contribution is -2.45. The van der Waals surface area contributed by atoms with Crippen LogP contribution in [-0.4, -0.2) is 23.5 Å². The highest BCUT2D eigenvalue weighted by Gasteiger charge is 2.43. The summed E-state index contributed by atoms with van der Waals surface area (Å²) in [4.78, 5) is 24.0. The van der Waals surface area contributed by atoms with Crippen LogP contribution in [0.4, 0.5) is 0 Å². The molecule has 3 unspecified atom stereocenters. The summed E-state index contributed by atoms with van der Waals surface area (Å²) in [5.41, 5.74) is -0.511. The number of nitrogens with one attached hydrogen (secondary N) is 1. The number of ether oxygens (including phenoxy) is 1. The number of carbonyl (C=O) groups excluding carboxylic acids is 2. The summed E-state index contributed by atoms with van der Waals surface area (Å²) in [5, 5.41) is 2.82. The molecule has 2 bridgehead atoms. The van der Waals surface area contributed by atoms with Crippen LogP contribution in [-0.2, 0) is 14.3 Å². The van der Waals surface area contributed by atoms with Crippen molar-refractivity contribution < 1.29 is 14.3 Å². The second-order valence-corrected chi connectivity index (χ2v) is 7.05. The fourth-order valence-electron chi connectivity index (χ4n) is 3.34. The molecule has 4 nitrogen and oxygen atoms in total. The number of rotatable bonds is 3. The zero-order chi connectivity index (χ0) is 14.2. The molecule has 2 rings (SSSR count). The molecule has 4 heteroatoms. The van der Waals surface area contributed by atoms with E-state index in [9.17, 15) is 9.59 Å². The molecule has 108 valence electrons. The van der Waals surface area contributed by atoms with E-state index in [4.69, 9.17) is 4.74 Å².